The Labute approximate surface area is 161 Å². The van der Waals surface area contributed by atoms with Crippen LogP contribution in [0.5, 0.6) is 0 Å². The highest BCUT2D eigenvalue weighted by Crippen LogP contribution is 2.21. The zero-order valence-electron chi connectivity index (χ0n) is 16.2. The summed E-state index contributed by atoms with van der Waals surface area (Å²) in [4.78, 5) is 18.5. The molecule has 0 bridgehead atoms. The number of hydrogen-bond donors (Lipinski definition) is 0. The van der Waals surface area contributed by atoms with Crippen LogP contribution < -0.4 is 0 Å². The molecule has 140 valence electrons. The van der Waals surface area contributed by atoms with Crippen molar-refractivity contribution in [1.82, 2.24) is 24.8 Å². The van der Waals surface area contributed by atoms with E-state index in [0.29, 0.717) is 5.92 Å². The number of nitrogens with zero attached hydrogens (tertiary/aromatic N) is 5. The Bertz CT molecular complexity index is 887. The third kappa shape index (κ3) is 4.49. The number of benzene rings is 1. The Morgan fingerprint density at radius 2 is 1.89 bits per heavy atom. The molecule has 1 saturated heterocycles. The van der Waals surface area contributed by atoms with Crippen LogP contribution in [0.25, 0.3) is 10.9 Å². The fourth-order valence-electron chi connectivity index (χ4n) is 4.00. The number of para-hydroxylation sites is 1. The summed E-state index contributed by atoms with van der Waals surface area (Å²) in [5.41, 5.74) is 4.51. The van der Waals surface area contributed by atoms with E-state index in [2.05, 4.69) is 56.1 Å². The Morgan fingerprint density at radius 1 is 1.00 bits per heavy atom. The Hall–Kier alpha value is -2.37. The van der Waals surface area contributed by atoms with Crippen LogP contribution in [0.2, 0.25) is 0 Å². The predicted molar refractivity (Wildman–Crippen MR) is 108 cm³/mol. The highest BCUT2D eigenvalue weighted by molar-refractivity contribution is 5.81. The van der Waals surface area contributed by atoms with E-state index in [9.17, 15) is 0 Å². The molecule has 0 spiro atoms. The molecule has 1 aromatic carbocycles. The number of likely N-dealkylation sites (N-methyl/N-ethyl adjacent to an activating group) is 1. The first-order valence-electron chi connectivity index (χ1n) is 9.68. The van der Waals surface area contributed by atoms with Crippen molar-refractivity contribution in [3.8, 4) is 0 Å². The van der Waals surface area contributed by atoms with Gasteiger partial charge in [0.15, 0.2) is 0 Å². The van der Waals surface area contributed by atoms with Gasteiger partial charge in [-0.1, -0.05) is 24.3 Å². The second kappa shape index (κ2) is 8.11. The first-order valence-corrected chi connectivity index (χ1v) is 9.68. The second-order valence-electron chi connectivity index (χ2n) is 7.71. The molecule has 1 unspecified atom stereocenters. The number of rotatable bonds is 4. The summed E-state index contributed by atoms with van der Waals surface area (Å²) in [7, 11) is 2.23. The van der Waals surface area contributed by atoms with Gasteiger partial charge in [0, 0.05) is 56.7 Å². The van der Waals surface area contributed by atoms with Crippen molar-refractivity contribution in [2.75, 3.05) is 33.2 Å². The summed E-state index contributed by atoms with van der Waals surface area (Å²) in [6.45, 7) is 7.18. The largest absolute Gasteiger partial charge is 0.305 e. The first-order chi connectivity index (χ1) is 13.2. The standard InChI is InChI=1S/C22H27N5/c1-17-12-25-21(13-24-17)16-27-10-9-26(2)14-18(15-27)11-20-6-3-5-19-7-4-8-23-22(19)20/h3-8,12-13,18H,9-11,14-16H2,1-2H3. The minimum absolute atomic E-state index is 0.573. The van der Waals surface area contributed by atoms with Crippen LogP contribution >= 0.6 is 0 Å². The van der Waals surface area contributed by atoms with Gasteiger partial charge in [-0.05, 0) is 37.9 Å². The number of pyridine rings is 1. The van der Waals surface area contributed by atoms with E-state index >= 15 is 0 Å². The lowest BCUT2D eigenvalue weighted by atomic mass is 9.96. The van der Waals surface area contributed by atoms with Crippen molar-refractivity contribution in [2.45, 2.75) is 19.9 Å². The van der Waals surface area contributed by atoms with Gasteiger partial charge in [0.25, 0.3) is 0 Å². The Kier molecular flexibility index (Phi) is 5.41. The third-order valence-electron chi connectivity index (χ3n) is 5.33. The van der Waals surface area contributed by atoms with Crippen LogP contribution in [0.1, 0.15) is 17.0 Å². The van der Waals surface area contributed by atoms with Gasteiger partial charge in [-0.15, -0.1) is 0 Å². The summed E-state index contributed by atoms with van der Waals surface area (Å²) in [5.74, 6) is 0.573. The van der Waals surface area contributed by atoms with Gasteiger partial charge in [0.1, 0.15) is 0 Å². The summed E-state index contributed by atoms with van der Waals surface area (Å²) in [6.07, 6.45) is 6.72. The molecule has 1 aliphatic rings. The number of aryl methyl sites for hydroxylation is 1. The van der Waals surface area contributed by atoms with Gasteiger partial charge in [-0.3, -0.25) is 19.9 Å². The first kappa shape index (κ1) is 18.0. The fraction of sp³-hybridized carbons (Fsp3) is 0.409. The molecule has 0 amide bonds. The molecule has 1 fully saturated rings. The smallest absolute Gasteiger partial charge is 0.0734 e. The normalized spacial score (nSPS) is 19.3. The fourth-order valence-corrected chi connectivity index (χ4v) is 4.00. The molecule has 0 radical (unpaired) electrons. The molecule has 3 heterocycles. The van der Waals surface area contributed by atoms with Crippen LogP contribution in [-0.2, 0) is 13.0 Å². The van der Waals surface area contributed by atoms with Gasteiger partial charge in [0.2, 0.25) is 0 Å². The Balaban J connectivity index is 1.51. The van der Waals surface area contributed by atoms with Gasteiger partial charge < -0.3 is 4.90 Å². The summed E-state index contributed by atoms with van der Waals surface area (Å²) in [5, 5.41) is 1.23. The van der Waals surface area contributed by atoms with Gasteiger partial charge in [-0.2, -0.15) is 0 Å². The number of aromatic nitrogens is 3. The van der Waals surface area contributed by atoms with E-state index in [1.807, 2.05) is 31.6 Å². The van der Waals surface area contributed by atoms with Crippen LogP contribution in [0.15, 0.2) is 48.9 Å². The SMILES string of the molecule is Cc1cnc(CN2CCN(C)CC(Cc3cccc4cccnc34)C2)cn1. The van der Waals surface area contributed by atoms with E-state index in [-0.39, 0.29) is 0 Å². The molecule has 1 aliphatic heterocycles. The summed E-state index contributed by atoms with van der Waals surface area (Å²) in [6, 6.07) is 10.7. The predicted octanol–water partition coefficient (Wildman–Crippen LogP) is 2.94. The molecule has 5 nitrogen and oxygen atoms in total. The molecule has 5 heteroatoms. The molecular formula is C22H27N5. The topological polar surface area (TPSA) is 45.2 Å². The summed E-state index contributed by atoms with van der Waals surface area (Å²) < 4.78 is 0. The van der Waals surface area contributed by atoms with Gasteiger partial charge in [-0.25, -0.2) is 0 Å². The molecule has 3 aromatic rings. The van der Waals surface area contributed by atoms with Crippen LogP contribution in [0.3, 0.4) is 0 Å². The maximum absolute atomic E-state index is 4.64. The molecular weight excluding hydrogens is 334 g/mol. The number of hydrogen-bond acceptors (Lipinski definition) is 5. The second-order valence-corrected chi connectivity index (χ2v) is 7.71. The van der Waals surface area contributed by atoms with Crippen LogP contribution in [-0.4, -0.2) is 58.0 Å². The molecule has 0 aliphatic carbocycles. The van der Waals surface area contributed by atoms with Crippen molar-refractivity contribution >= 4 is 10.9 Å². The average molecular weight is 361 g/mol. The van der Waals surface area contributed by atoms with E-state index in [1.165, 1.54) is 10.9 Å². The van der Waals surface area contributed by atoms with E-state index in [4.69, 9.17) is 0 Å². The monoisotopic (exact) mass is 361 g/mol. The van der Waals surface area contributed by atoms with Crippen molar-refractivity contribution in [2.24, 2.45) is 5.92 Å². The minimum atomic E-state index is 0.573. The van der Waals surface area contributed by atoms with Crippen molar-refractivity contribution in [3.63, 3.8) is 0 Å². The molecule has 0 saturated carbocycles. The molecule has 4 rings (SSSR count). The maximum Gasteiger partial charge on any atom is 0.0734 e. The Morgan fingerprint density at radius 3 is 2.74 bits per heavy atom. The van der Waals surface area contributed by atoms with Crippen LogP contribution in [0, 0.1) is 12.8 Å². The van der Waals surface area contributed by atoms with E-state index in [0.717, 1.165) is 56.0 Å². The lowest BCUT2D eigenvalue weighted by Crippen LogP contribution is -2.31. The maximum atomic E-state index is 4.64. The van der Waals surface area contributed by atoms with Gasteiger partial charge >= 0.3 is 0 Å². The van der Waals surface area contributed by atoms with Crippen LogP contribution in [0.4, 0.5) is 0 Å². The van der Waals surface area contributed by atoms with E-state index < -0.39 is 0 Å². The van der Waals surface area contributed by atoms with Crippen molar-refractivity contribution in [3.05, 3.63) is 65.9 Å². The molecule has 0 N–H and O–H groups in total. The average Bonchev–Trinajstić information content (AvgIpc) is 2.85. The highest BCUT2D eigenvalue weighted by atomic mass is 15.2. The minimum Gasteiger partial charge on any atom is -0.305 e. The molecule has 2 aromatic heterocycles. The summed E-state index contributed by atoms with van der Waals surface area (Å²) >= 11 is 0. The zero-order valence-corrected chi connectivity index (χ0v) is 16.2. The zero-order chi connectivity index (χ0) is 18.6. The van der Waals surface area contributed by atoms with Crippen molar-refractivity contribution in [1.29, 1.82) is 0 Å². The lowest BCUT2D eigenvalue weighted by molar-refractivity contribution is 0.246. The highest BCUT2D eigenvalue weighted by Gasteiger charge is 2.22. The quantitative estimate of drug-likeness (QED) is 0.715. The molecule has 27 heavy (non-hydrogen) atoms. The number of fused-ring (bicyclic) bond motifs is 1. The van der Waals surface area contributed by atoms with Gasteiger partial charge in [0.05, 0.1) is 16.9 Å². The van der Waals surface area contributed by atoms with E-state index in [1.54, 1.807) is 0 Å². The lowest BCUT2D eigenvalue weighted by Gasteiger charge is -2.24. The third-order valence-corrected chi connectivity index (χ3v) is 5.33. The van der Waals surface area contributed by atoms with Crippen molar-refractivity contribution < 1.29 is 0 Å². The molecule has 1 atom stereocenters.